The number of hydrogen-bond donors (Lipinski definition) is 0. The Labute approximate surface area is 97.5 Å². The Balaban J connectivity index is -0.000000270. The van der Waals surface area contributed by atoms with Gasteiger partial charge in [0.15, 0.2) is 6.23 Å². The summed E-state index contributed by atoms with van der Waals surface area (Å²) in [5.74, 6) is 0. The summed E-state index contributed by atoms with van der Waals surface area (Å²) in [4.78, 5) is 3.88. The molecular weight excluding hydrogens is 299 g/mol. The molecule has 1 rings (SSSR count). The van der Waals surface area contributed by atoms with Crippen molar-refractivity contribution in [3.8, 4) is 0 Å². The molecule has 4 nitrogen and oxygen atoms in total. The van der Waals surface area contributed by atoms with E-state index in [0.29, 0.717) is 12.7 Å². The Hall–Kier alpha value is 0.472. The minimum Gasteiger partial charge on any atom is -1.00 e. The molecule has 7 heteroatoms. The van der Waals surface area contributed by atoms with Gasteiger partial charge in [0, 0.05) is 7.11 Å². The van der Waals surface area contributed by atoms with Crippen molar-refractivity contribution in [1.82, 2.24) is 0 Å². The third-order valence-corrected chi connectivity index (χ3v) is 1.05. The number of hydrogen-bond acceptors (Lipinski definition) is 4. The van der Waals surface area contributed by atoms with Gasteiger partial charge in [-0.2, -0.15) is 4.99 Å². The van der Waals surface area contributed by atoms with Crippen molar-refractivity contribution in [1.29, 1.82) is 0 Å². The zero-order valence-electron chi connectivity index (χ0n) is 6.53. The summed E-state index contributed by atoms with van der Waals surface area (Å²) >= 11 is 0. The summed E-state index contributed by atoms with van der Waals surface area (Å²) in [6.45, 7) is 0.458. The van der Waals surface area contributed by atoms with E-state index in [0.717, 1.165) is 0 Å². The summed E-state index contributed by atoms with van der Waals surface area (Å²) in [6, 6.07) is 0. The van der Waals surface area contributed by atoms with Crippen LogP contribution in [0.15, 0.2) is 4.99 Å². The van der Waals surface area contributed by atoms with Crippen LogP contribution in [0.3, 0.4) is 0 Å². The zero-order chi connectivity index (χ0) is 6.69. The Morgan fingerprint density at radius 1 is 1.42 bits per heavy atom. The van der Waals surface area contributed by atoms with Crippen molar-refractivity contribution in [3.63, 3.8) is 0 Å². The Bertz CT molecular complexity index is 136. The van der Waals surface area contributed by atoms with Crippen LogP contribution in [0.25, 0.3) is 0 Å². The van der Waals surface area contributed by atoms with Crippen molar-refractivity contribution in [2.24, 2.45) is 4.99 Å². The fourth-order valence-electron chi connectivity index (χ4n) is 0.567. The summed E-state index contributed by atoms with van der Waals surface area (Å²) in [5.41, 5.74) is 0. The number of methoxy groups -OCH3 is 2. The summed E-state index contributed by atoms with van der Waals surface area (Å²) < 4.78 is 14.5. The molecule has 0 aromatic carbocycles. The van der Waals surface area contributed by atoms with Gasteiger partial charge in [-0.25, -0.2) is 0 Å². The minimum absolute atomic E-state index is 0. The van der Waals surface area contributed by atoms with Crippen molar-refractivity contribution >= 4 is 6.08 Å². The Morgan fingerprint density at radius 2 is 2.00 bits per heavy atom. The first-order chi connectivity index (χ1) is 4.36. The van der Waals surface area contributed by atoms with Crippen molar-refractivity contribution in [2.75, 3.05) is 20.8 Å². The van der Waals surface area contributed by atoms with Crippen molar-refractivity contribution in [3.05, 3.63) is 0 Å². The molecule has 0 aromatic heterocycles. The van der Waals surface area contributed by atoms with E-state index >= 15 is 0 Å². The maximum atomic E-state index is 4.91. The second kappa shape index (κ2) is 9.56. The van der Waals surface area contributed by atoms with Crippen LogP contribution in [0.4, 0.5) is 0 Å². The fraction of sp³-hybridized carbons (Fsp3) is 0.800. The van der Waals surface area contributed by atoms with Gasteiger partial charge in [-0.15, -0.1) is 0 Å². The van der Waals surface area contributed by atoms with E-state index in [9.17, 15) is 0 Å². The van der Waals surface area contributed by atoms with E-state index in [2.05, 4.69) is 4.99 Å². The molecule has 0 spiro atoms. The topological polar surface area (TPSA) is 40.0 Å². The van der Waals surface area contributed by atoms with E-state index < -0.39 is 0 Å². The molecule has 1 aliphatic rings. The van der Waals surface area contributed by atoms with Crippen molar-refractivity contribution < 1.29 is 59.4 Å². The first kappa shape index (κ1) is 18.3. The predicted octanol–water partition coefficient (Wildman–Crippen LogP) is -6.00. The molecule has 1 unspecified atom stereocenters. The molecule has 0 amide bonds. The molecule has 0 N–H and O–H groups in total. The molecule has 0 aliphatic carbocycles. The smallest absolute Gasteiger partial charge is 1.00 e. The van der Waals surface area contributed by atoms with Gasteiger partial charge in [-0.05, 0) is 0 Å². The number of nitrogens with zero attached hydrogens (tertiary/aromatic N) is 1. The molecule has 1 atom stereocenters. The van der Waals surface area contributed by atoms with E-state index in [1.807, 2.05) is 0 Å². The van der Waals surface area contributed by atoms with Crippen LogP contribution in [-0.4, -0.2) is 33.1 Å². The Kier molecular flexibility index (Phi) is 14.6. The molecule has 1 aliphatic heterocycles. The third kappa shape index (κ3) is 5.18. The number of rotatable bonds is 1. The van der Waals surface area contributed by atoms with Gasteiger partial charge < -0.3 is 39.0 Å². The standard InChI is InChI=1S/C5H9NO3.2ClH.Pd/c1-7-4-3-9-5(6-4)8-2;;;/h4H,3H2,1-2H3;2*1H;/q;;;+2/p-2. The van der Waals surface area contributed by atoms with Gasteiger partial charge in [-0.3, -0.25) is 0 Å². The zero-order valence-corrected chi connectivity index (χ0v) is 9.60. The van der Waals surface area contributed by atoms with Crippen LogP contribution in [-0.2, 0) is 34.6 Å². The maximum Gasteiger partial charge on any atom is 2.00 e. The molecule has 12 heavy (non-hydrogen) atoms. The monoisotopic (exact) mass is 307 g/mol. The van der Waals surface area contributed by atoms with Crippen LogP contribution in [0, 0.1) is 0 Å². The van der Waals surface area contributed by atoms with Gasteiger partial charge in [-0.1, -0.05) is 0 Å². The van der Waals surface area contributed by atoms with Crippen LogP contribution in [0.5, 0.6) is 0 Å². The van der Waals surface area contributed by atoms with E-state index in [4.69, 9.17) is 14.2 Å². The average Bonchev–Trinajstić information content (AvgIpc) is 2.34. The quantitative estimate of drug-likeness (QED) is 0.453. The van der Waals surface area contributed by atoms with E-state index in [-0.39, 0.29) is 51.5 Å². The SMILES string of the molecule is COC1=NC(OC)CO1.[Cl-].[Cl-].[Pd+2]. The summed E-state index contributed by atoms with van der Waals surface area (Å²) in [5, 5.41) is 0. The third-order valence-electron chi connectivity index (χ3n) is 1.05. The number of halogens is 2. The summed E-state index contributed by atoms with van der Waals surface area (Å²) in [6.07, 6.45) is 0.127. The predicted molar refractivity (Wildman–Crippen MR) is 31.2 cm³/mol. The normalized spacial score (nSPS) is 18.8. The second-order valence-electron chi connectivity index (χ2n) is 1.60. The largest absolute Gasteiger partial charge is 2.00 e. The second-order valence-corrected chi connectivity index (χ2v) is 1.60. The van der Waals surface area contributed by atoms with Crippen molar-refractivity contribution in [2.45, 2.75) is 6.23 Å². The molecule has 1 heterocycles. The first-order valence-corrected chi connectivity index (χ1v) is 2.64. The van der Waals surface area contributed by atoms with E-state index in [1.165, 1.54) is 7.11 Å². The molecule has 76 valence electrons. The van der Waals surface area contributed by atoms with Gasteiger partial charge in [0.2, 0.25) is 0 Å². The molecule has 0 bridgehead atoms. The molecule has 0 radical (unpaired) electrons. The average molecular weight is 308 g/mol. The molecule has 0 saturated heterocycles. The molecular formula is C5H9Cl2NO3Pd. The molecule has 0 saturated carbocycles. The van der Waals surface area contributed by atoms with Gasteiger partial charge in [0.1, 0.15) is 6.61 Å². The van der Waals surface area contributed by atoms with Crippen LogP contribution in [0.2, 0.25) is 0 Å². The van der Waals surface area contributed by atoms with Gasteiger partial charge >= 0.3 is 26.5 Å². The van der Waals surface area contributed by atoms with Crippen LogP contribution in [0.1, 0.15) is 0 Å². The molecule has 0 aromatic rings. The minimum atomic E-state index is -0.181. The van der Waals surface area contributed by atoms with Gasteiger partial charge in [0.25, 0.3) is 0 Å². The number of ether oxygens (including phenoxy) is 3. The molecule has 0 fully saturated rings. The fourth-order valence-corrected chi connectivity index (χ4v) is 0.567. The maximum absolute atomic E-state index is 4.91. The van der Waals surface area contributed by atoms with Crippen LogP contribution < -0.4 is 24.8 Å². The Morgan fingerprint density at radius 3 is 2.25 bits per heavy atom. The van der Waals surface area contributed by atoms with Gasteiger partial charge in [0.05, 0.1) is 7.11 Å². The number of aliphatic imine (C=N–C) groups is 1. The van der Waals surface area contributed by atoms with E-state index in [1.54, 1.807) is 7.11 Å². The van der Waals surface area contributed by atoms with Crippen LogP contribution >= 0.6 is 0 Å². The summed E-state index contributed by atoms with van der Waals surface area (Å²) in [7, 11) is 3.09. The first-order valence-electron chi connectivity index (χ1n) is 2.64.